The maximum absolute atomic E-state index is 12.4. The van der Waals surface area contributed by atoms with Gasteiger partial charge in [-0.2, -0.15) is 0 Å². The first-order chi connectivity index (χ1) is 11.0. The van der Waals surface area contributed by atoms with E-state index in [1.807, 2.05) is 37.3 Å². The fraction of sp³-hybridized carbons (Fsp3) is 0.389. The largest absolute Gasteiger partial charge is 0.495 e. The Bertz CT molecular complexity index is 725. The van der Waals surface area contributed by atoms with Gasteiger partial charge in [0.15, 0.2) is 0 Å². The van der Waals surface area contributed by atoms with E-state index in [2.05, 4.69) is 5.32 Å². The maximum atomic E-state index is 12.4. The van der Waals surface area contributed by atoms with Gasteiger partial charge >= 0.3 is 0 Å². The normalized spacial score (nSPS) is 20.0. The van der Waals surface area contributed by atoms with Crippen LogP contribution < -0.4 is 10.1 Å². The molecule has 5 heteroatoms. The van der Waals surface area contributed by atoms with E-state index in [-0.39, 0.29) is 12.5 Å². The Morgan fingerprint density at radius 2 is 2.22 bits per heavy atom. The van der Waals surface area contributed by atoms with Gasteiger partial charge < -0.3 is 15.2 Å². The van der Waals surface area contributed by atoms with Crippen LogP contribution in [0.15, 0.2) is 30.3 Å². The van der Waals surface area contributed by atoms with Crippen molar-refractivity contribution in [2.45, 2.75) is 31.8 Å². The Labute approximate surface area is 140 Å². The zero-order valence-corrected chi connectivity index (χ0v) is 14.2. The number of thiophene rings is 1. The molecule has 0 saturated carbocycles. The summed E-state index contributed by atoms with van der Waals surface area (Å²) in [4.78, 5) is 14.0. The number of fused-ring (bicyclic) bond motifs is 1. The highest BCUT2D eigenvalue weighted by atomic mass is 32.1. The third kappa shape index (κ3) is 3.12. The summed E-state index contributed by atoms with van der Waals surface area (Å²) in [6, 6.07) is 9.78. The van der Waals surface area contributed by atoms with Crippen LogP contribution in [-0.4, -0.2) is 24.7 Å². The summed E-state index contributed by atoms with van der Waals surface area (Å²) in [7, 11) is 1.56. The highest BCUT2D eigenvalue weighted by Gasteiger charge is 2.34. The average Bonchev–Trinajstić information content (AvgIpc) is 2.94. The second kappa shape index (κ2) is 6.34. The lowest BCUT2D eigenvalue weighted by Gasteiger charge is -2.34. The van der Waals surface area contributed by atoms with Crippen LogP contribution in [0.4, 0.5) is 0 Å². The first-order valence-corrected chi connectivity index (χ1v) is 8.58. The molecule has 0 radical (unpaired) electrons. The number of hydrogen-bond donors (Lipinski definition) is 2. The number of carbonyl (C=O) groups excluding carboxylic acids is 1. The van der Waals surface area contributed by atoms with Gasteiger partial charge in [0.1, 0.15) is 16.2 Å². The zero-order valence-electron chi connectivity index (χ0n) is 13.4. The number of nitrogens with one attached hydrogen (secondary N) is 1. The Kier molecular flexibility index (Phi) is 4.41. The van der Waals surface area contributed by atoms with Gasteiger partial charge in [0.05, 0.1) is 13.7 Å². The fourth-order valence-corrected chi connectivity index (χ4v) is 4.09. The van der Waals surface area contributed by atoms with Crippen molar-refractivity contribution in [1.29, 1.82) is 0 Å². The van der Waals surface area contributed by atoms with E-state index < -0.39 is 5.60 Å². The summed E-state index contributed by atoms with van der Waals surface area (Å²) in [5.74, 6) is 0.387. The SMILES string of the molecule is COc1cc(C)sc1C(=O)NCC1(O)CCCc2ccccc21. The first kappa shape index (κ1) is 16.0. The monoisotopic (exact) mass is 331 g/mol. The van der Waals surface area contributed by atoms with Gasteiger partial charge in [0, 0.05) is 4.88 Å². The minimum Gasteiger partial charge on any atom is -0.495 e. The molecule has 23 heavy (non-hydrogen) atoms. The minimum atomic E-state index is -0.996. The van der Waals surface area contributed by atoms with E-state index in [9.17, 15) is 9.90 Å². The van der Waals surface area contributed by atoms with E-state index in [4.69, 9.17) is 4.74 Å². The van der Waals surface area contributed by atoms with Crippen molar-refractivity contribution in [3.8, 4) is 5.75 Å². The van der Waals surface area contributed by atoms with Crippen LogP contribution >= 0.6 is 11.3 Å². The predicted octanol–water partition coefficient (Wildman–Crippen LogP) is 3.02. The van der Waals surface area contributed by atoms with Crippen LogP contribution in [0.1, 0.15) is 38.5 Å². The molecule has 122 valence electrons. The third-order valence-electron chi connectivity index (χ3n) is 4.34. The maximum Gasteiger partial charge on any atom is 0.265 e. The summed E-state index contributed by atoms with van der Waals surface area (Å²) >= 11 is 1.40. The molecule has 1 atom stereocenters. The molecule has 1 aromatic heterocycles. The summed E-state index contributed by atoms with van der Waals surface area (Å²) in [5, 5.41) is 13.9. The summed E-state index contributed by atoms with van der Waals surface area (Å²) in [6.07, 6.45) is 2.56. The number of amides is 1. The van der Waals surface area contributed by atoms with Crippen LogP contribution in [0.3, 0.4) is 0 Å². The summed E-state index contributed by atoms with van der Waals surface area (Å²) < 4.78 is 5.25. The van der Waals surface area contributed by atoms with Crippen LogP contribution in [0, 0.1) is 6.92 Å². The molecule has 0 saturated heterocycles. The Hall–Kier alpha value is -1.85. The van der Waals surface area contributed by atoms with Gasteiger partial charge in [-0.1, -0.05) is 24.3 Å². The molecular weight excluding hydrogens is 310 g/mol. The topological polar surface area (TPSA) is 58.6 Å². The van der Waals surface area contributed by atoms with E-state index in [0.717, 1.165) is 23.3 Å². The molecule has 0 bridgehead atoms. The van der Waals surface area contributed by atoms with E-state index >= 15 is 0 Å². The molecule has 1 amide bonds. The van der Waals surface area contributed by atoms with Gasteiger partial charge in [-0.3, -0.25) is 4.79 Å². The van der Waals surface area contributed by atoms with Crippen LogP contribution in [0.25, 0.3) is 0 Å². The third-order valence-corrected chi connectivity index (χ3v) is 5.37. The van der Waals surface area contributed by atoms with E-state index in [0.29, 0.717) is 17.0 Å². The second-order valence-corrected chi connectivity index (χ2v) is 7.24. The highest BCUT2D eigenvalue weighted by Crippen LogP contribution is 2.35. The smallest absolute Gasteiger partial charge is 0.265 e. The van der Waals surface area contributed by atoms with Gasteiger partial charge in [0.25, 0.3) is 5.91 Å². The van der Waals surface area contributed by atoms with E-state index in [1.165, 1.54) is 16.9 Å². The van der Waals surface area contributed by atoms with Crippen molar-refractivity contribution >= 4 is 17.2 Å². The molecule has 2 N–H and O–H groups in total. The van der Waals surface area contributed by atoms with Crippen molar-refractivity contribution in [3.05, 3.63) is 51.2 Å². The number of ether oxygens (including phenoxy) is 1. The number of aliphatic hydroxyl groups is 1. The molecule has 1 heterocycles. The second-order valence-electron chi connectivity index (χ2n) is 5.98. The summed E-state index contributed by atoms with van der Waals surface area (Å²) in [6.45, 7) is 2.15. The van der Waals surface area contributed by atoms with E-state index in [1.54, 1.807) is 7.11 Å². The quantitative estimate of drug-likeness (QED) is 0.905. The molecular formula is C18H21NO3S. The standard InChI is InChI=1S/C18H21NO3S/c1-12-10-15(22-2)16(23-12)17(20)19-11-18(21)9-5-7-13-6-3-4-8-14(13)18/h3-4,6,8,10,21H,5,7,9,11H2,1-2H3,(H,19,20). The Morgan fingerprint density at radius 3 is 3.00 bits per heavy atom. The molecule has 1 aliphatic carbocycles. The van der Waals surface area contributed by atoms with Gasteiger partial charge in [-0.05, 0) is 43.4 Å². The molecule has 1 unspecified atom stereocenters. The first-order valence-electron chi connectivity index (χ1n) is 7.77. The molecule has 3 rings (SSSR count). The molecule has 4 nitrogen and oxygen atoms in total. The lowest BCUT2D eigenvalue weighted by molar-refractivity contribution is 0.0189. The number of methoxy groups -OCH3 is 1. The van der Waals surface area contributed by atoms with Gasteiger partial charge in [-0.25, -0.2) is 0 Å². The molecule has 2 aromatic rings. The average molecular weight is 331 g/mol. The highest BCUT2D eigenvalue weighted by molar-refractivity contribution is 7.14. The number of hydrogen-bond acceptors (Lipinski definition) is 4. The molecule has 0 aliphatic heterocycles. The molecule has 1 aliphatic rings. The lowest BCUT2D eigenvalue weighted by Crippen LogP contribution is -2.42. The van der Waals surface area contributed by atoms with Gasteiger partial charge in [-0.15, -0.1) is 11.3 Å². The number of carbonyl (C=O) groups is 1. The van der Waals surface area contributed by atoms with Crippen molar-refractivity contribution < 1.29 is 14.6 Å². The minimum absolute atomic E-state index is 0.198. The Morgan fingerprint density at radius 1 is 1.43 bits per heavy atom. The number of benzene rings is 1. The number of rotatable bonds is 4. The Balaban J connectivity index is 1.77. The number of aryl methyl sites for hydroxylation is 2. The van der Waals surface area contributed by atoms with Crippen molar-refractivity contribution in [3.63, 3.8) is 0 Å². The summed E-state index contributed by atoms with van der Waals surface area (Å²) in [5.41, 5.74) is 1.10. The predicted molar refractivity (Wildman–Crippen MR) is 91.2 cm³/mol. The van der Waals surface area contributed by atoms with Crippen molar-refractivity contribution in [2.75, 3.05) is 13.7 Å². The van der Waals surface area contributed by atoms with Gasteiger partial charge in [0.2, 0.25) is 0 Å². The van der Waals surface area contributed by atoms with Crippen molar-refractivity contribution in [1.82, 2.24) is 5.32 Å². The molecule has 0 fully saturated rings. The van der Waals surface area contributed by atoms with Crippen LogP contribution in [0.5, 0.6) is 5.75 Å². The van der Waals surface area contributed by atoms with Crippen molar-refractivity contribution in [2.24, 2.45) is 0 Å². The molecule has 1 aromatic carbocycles. The van der Waals surface area contributed by atoms with Crippen LogP contribution in [-0.2, 0) is 12.0 Å². The lowest BCUT2D eigenvalue weighted by atomic mass is 9.79. The fourth-order valence-electron chi connectivity index (χ4n) is 3.19. The van der Waals surface area contributed by atoms with Crippen LogP contribution in [0.2, 0.25) is 0 Å². The molecule has 0 spiro atoms. The zero-order chi connectivity index (χ0) is 16.4.